The van der Waals surface area contributed by atoms with Crippen molar-refractivity contribution < 1.29 is 0 Å². The fourth-order valence-corrected chi connectivity index (χ4v) is 2.11. The maximum atomic E-state index is 4.66. The fraction of sp³-hybridized carbons (Fsp3) is 0.214. The second-order valence-corrected chi connectivity index (χ2v) is 4.17. The van der Waals surface area contributed by atoms with Crippen LogP contribution in [0.5, 0.6) is 0 Å². The first-order valence-corrected chi connectivity index (χ1v) is 6.12. The fourth-order valence-electron chi connectivity index (χ4n) is 2.11. The highest BCUT2D eigenvalue weighted by molar-refractivity contribution is 5.76. The van der Waals surface area contributed by atoms with Crippen LogP contribution in [0.4, 0.5) is 0 Å². The van der Waals surface area contributed by atoms with E-state index in [0.29, 0.717) is 0 Å². The minimum Gasteiger partial charge on any atom is -0.309 e. The second-order valence-electron chi connectivity index (χ2n) is 4.17. The Morgan fingerprint density at radius 3 is 2.83 bits per heavy atom. The molecule has 3 aromatic rings. The van der Waals surface area contributed by atoms with E-state index in [9.17, 15) is 0 Å². The molecule has 0 radical (unpaired) electrons. The Balaban J connectivity index is 2.25. The summed E-state index contributed by atoms with van der Waals surface area (Å²) in [4.78, 5) is 13.2. The average Bonchev–Trinajstić information content (AvgIpc) is 2.80. The van der Waals surface area contributed by atoms with Gasteiger partial charge in [-0.25, -0.2) is 9.97 Å². The first-order chi connectivity index (χ1) is 8.90. The zero-order chi connectivity index (χ0) is 12.4. The van der Waals surface area contributed by atoms with Gasteiger partial charge in [0.25, 0.3) is 0 Å². The molecule has 0 aliphatic heterocycles. The predicted octanol–water partition coefficient (Wildman–Crippen LogP) is 2.90. The van der Waals surface area contributed by atoms with E-state index in [1.165, 1.54) is 0 Å². The van der Waals surface area contributed by atoms with Gasteiger partial charge in [-0.15, -0.1) is 0 Å². The number of pyridine rings is 2. The van der Waals surface area contributed by atoms with Crippen LogP contribution in [0.25, 0.3) is 22.6 Å². The maximum Gasteiger partial charge on any atom is 0.160 e. The van der Waals surface area contributed by atoms with Gasteiger partial charge in [-0.2, -0.15) is 0 Å². The Hall–Kier alpha value is -2.23. The largest absolute Gasteiger partial charge is 0.309 e. The van der Waals surface area contributed by atoms with Crippen LogP contribution in [0.2, 0.25) is 0 Å². The molecule has 0 spiro atoms. The second kappa shape index (κ2) is 4.56. The van der Waals surface area contributed by atoms with E-state index in [0.717, 1.165) is 35.5 Å². The van der Waals surface area contributed by atoms with E-state index in [-0.39, 0.29) is 0 Å². The van der Waals surface area contributed by atoms with E-state index in [2.05, 4.69) is 26.4 Å². The molecule has 90 valence electrons. The first-order valence-electron chi connectivity index (χ1n) is 6.12. The van der Waals surface area contributed by atoms with E-state index in [1.54, 1.807) is 6.20 Å². The third-order valence-electron chi connectivity index (χ3n) is 2.87. The van der Waals surface area contributed by atoms with Gasteiger partial charge in [-0.05, 0) is 30.7 Å². The highest BCUT2D eigenvalue weighted by Crippen LogP contribution is 2.22. The van der Waals surface area contributed by atoms with Gasteiger partial charge in [0.1, 0.15) is 11.3 Å². The van der Waals surface area contributed by atoms with Crippen molar-refractivity contribution in [2.45, 2.75) is 19.9 Å². The quantitative estimate of drug-likeness (QED) is 0.704. The molecule has 0 saturated carbocycles. The van der Waals surface area contributed by atoms with Crippen LogP contribution in [0, 0.1) is 0 Å². The smallest absolute Gasteiger partial charge is 0.160 e. The minimum absolute atomic E-state index is 0.914. The Morgan fingerprint density at radius 2 is 2.06 bits per heavy atom. The summed E-state index contributed by atoms with van der Waals surface area (Å²) < 4.78 is 2.16. The molecule has 0 bridgehead atoms. The standard InChI is InChI=1S/C14H14N4/c1-2-9-18-13(11-5-3-7-15-10-11)17-12-6-4-8-16-14(12)18/h3-8,10H,2,9H2,1H3. The summed E-state index contributed by atoms with van der Waals surface area (Å²) in [5.74, 6) is 0.943. The maximum absolute atomic E-state index is 4.66. The van der Waals surface area contributed by atoms with Gasteiger partial charge < -0.3 is 4.57 Å². The van der Waals surface area contributed by atoms with E-state index < -0.39 is 0 Å². The summed E-state index contributed by atoms with van der Waals surface area (Å²) in [5.41, 5.74) is 2.91. The zero-order valence-electron chi connectivity index (χ0n) is 10.2. The molecule has 0 fully saturated rings. The summed E-state index contributed by atoms with van der Waals surface area (Å²) in [5, 5.41) is 0. The van der Waals surface area contributed by atoms with Crippen molar-refractivity contribution in [2.75, 3.05) is 0 Å². The first kappa shape index (κ1) is 10.9. The Labute approximate surface area is 105 Å². The van der Waals surface area contributed by atoms with Crippen LogP contribution in [-0.2, 0) is 6.54 Å². The molecule has 0 aliphatic rings. The van der Waals surface area contributed by atoms with Gasteiger partial charge in [0.05, 0.1) is 0 Å². The molecular weight excluding hydrogens is 224 g/mol. The molecule has 3 heterocycles. The third kappa shape index (κ3) is 1.76. The van der Waals surface area contributed by atoms with Crippen LogP contribution in [0.3, 0.4) is 0 Å². The van der Waals surface area contributed by atoms with Crippen LogP contribution in [0.1, 0.15) is 13.3 Å². The van der Waals surface area contributed by atoms with Gasteiger partial charge in [-0.1, -0.05) is 6.92 Å². The number of imidazole rings is 1. The number of nitrogens with zero attached hydrogens (tertiary/aromatic N) is 4. The van der Waals surface area contributed by atoms with Crippen LogP contribution in [0.15, 0.2) is 42.9 Å². The molecule has 3 aromatic heterocycles. The topological polar surface area (TPSA) is 43.6 Å². The Bertz CT molecular complexity index is 658. The van der Waals surface area contributed by atoms with Crippen molar-refractivity contribution >= 4 is 11.2 Å². The molecule has 0 saturated heterocycles. The minimum atomic E-state index is 0.914. The van der Waals surface area contributed by atoms with E-state index in [1.807, 2.05) is 36.7 Å². The zero-order valence-corrected chi connectivity index (χ0v) is 10.2. The molecule has 0 N–H and O–H groups in total. The number of rotatable bonds is 3. The van der Waals surface area contributed by atoms with E-state index >= 15 is 0 Å². The van der Waals surface area contributed by atoms with Crippen LogP contribution in [-0.4, -0.2) is 19.5 Å². The SMILES string of the molecule is CCCn1c(-c2cccnc2)nc2cccnc21. The Morgan fingerprint density at radius 1 is 1.17 bits per heavy atom. The van der Waals surface area contributed by atoms with Crippen molar-refractivity contribution in [1.82, 2.24) is 19.5 Å². The average molecular weight is 238 g/mol. The number of fused-ring (bicyclic) bond motifs is 1. The van der Waals surface area contributed by atoms with Crippen molar-refractivity contribution in [3.05, 3.63) is 42.9 Å². The third-order valence-corrected chi connectivity index (χ3v) is 2.87. The molecule has 0 aliphatic carbocycles. The molecule has 18 heavy (non-hydrogen) atoms. The summed E-state index contributed by atoms with van der Waals surface area (Å²) in [7, 11) is 0. The monoisotopic (exact) mass is 238 g/mol. The summed E-state index contributed by atoms with van der Waals surface area (Å²) in [6.07, 6.45) is 6.47. The summed E-state index contributed by atoms with van der Waals surface area (Å²) in [6, 6.07) is 7.87. The van der Waals surface area contributed by atoms with Gasteiger partial charge in [0.2, 0.25) is 0 Å². The lowest BCUT2D eigenvalue weighted by molar-refractivity contribution is 0.698. The lowest BCUT2D eigenvalue weighted by Crippen LogP contribution is -2.00. The number of hydrogen-bond acceptors (Lipinski definition) is 3. The highest BCUT2D eigenvalue weighted by atomic mass is 15.1. The summed E-state index contributed by atoms with van der Waals surface area (Å²) in [6.45, 7) is 3.07. The number of hydrogen-bond donors (Lipinski definition) is 0. The van der Waals surface area contributed by atoms with Gasteiger partial charge in [0.15, 0.2) is 5.65 Å². The lowest BCUT2D eigenvalue weighted by atomic mass is 10.2. The van der Waals surface area contributed by atoms with Gasteiger partial charge in [-0.3, -0.25) is 4.98 Å². The molecule has 4 nitrogen and oxygen atoms in total. The molecule has 0 amide bonds. The molecule has 0 aromatic carbocycles. The van der Waals surface area contributed by atoms with Crippen LogP contribution < -0.4 is 0 Å². The van der Waals surface area contributed by atoms with Crippen molar-refractivity contribution in [3.8, 4) is 11.4 Å². The van der Waals surface area contributed by atoms with Crippen molar-refractivity contribution in [2.24, 2.45) is 0 Å². The normalized spacial score (nSPS) is 10.9. The molecule has 0 atom stereocenters. The van der Waals surface area contributed by atoms with Gasteiger partial charge in [0, 0.05) is 30.7 Å². The number of aryl methyl sites for hydroxylation is 1. The molecule has 3 rings (SSSR count). The molecule has 0 unspecified atom stereocenters. The van der Waals surface area contributed by atoms with Gasteiger partial charge >= 0.3 is 0 Å². The van der Waals surface area contributed by atoms with Crippen molar-refractivity contribution in [3.63, 3.8) is 0 Å². The molecule has 4 heteroatoms. The highest BCUT2D eigenvalue weighted by Gasteiger charge is 2.12. The van der Waals surface area contributed by atoms with Crippen LogP contribution >= 0.6 is 0 Å². The predicted molar refractivity (Wildman–Crippen MR) is 71.1 cm³/mol. The Kier molecular flexibility index (Phi) is 2.76. The number of aromatic nitrogens is 4. The summed E-state index contributed by atoms with van der Waals surface area (Å²) >= 11 is 0. The van der Waals surface area contributed by atoms with E-state index in [4.69, 9.17) is 0 Å². The molecular formula is C14H14N4. The van der Waals surface area contributed by atoms with Crippen molar-refractivity contribution in [1.29, 1.82) is 0 Å². The lowest BCUT2D eigenvalue weighted by Gasteiger charge is -2.06.